The van der Waals surface area contributed by atoms with Crippen molar-refractivity contribution in [3.63, 3.8) is 0 Å². The number of nitrogens with zero attached hydrogens (tertiary/aromatic N) is 1. The van der Waals surface area contributed by atoms with Crippen molar-refractivity contribution in [2.45, 2.75) is 11.8 Å². The maximum absolute atomic E-state index is 12.2. The van der Waals surface area contributed by atoms with Crippen LogP contribution in [0, 0.1) is 0 Å². The molecule has 0 amide bonds. The van der Waals surface area contributed by atoms with Gasteiger partial charge in [0.05, 0.1) is 16.8 Å². The van der Waals surface area contributed by atoms with Gasteiger partial charge in [-0.1, -0.05) is 39.1 Å². The number of aromatic nitrogens is 1. The summed E-state index contributed by atoms with van der Waals surface area (Å²) in [5.41, 5.74) is 0.131. The zero-order valence-electron chi connectivity index (χ0n) is 11.0. The monoisotopic (exact) mass is 423 g/mol. The van der Waals surface area contributed by atoms with Crippen molar-refractivity contribution < 1.29 is 17.4 Å². The molecule has 0 aliphatic carbocycles. The second kappa shape index (κ2) is 6.54. The van der Waals surface area contributed by atoms with Gasteiger partial charge in [0.1, 0.15) is 10.0 Å². The number of carbonyl (C=O) groups excluding carboxylic acids is 1. The van der Waals surface area contributed by atoms with E-state index in [1.54, 1.807) is 6.07 Å². The third-order valence-electron chi connectivity index (χ3n) is 2.58. The molecular formula is C13H8BrCl2NO4S. The minimum atomic E-state index is -4.19. The molecule has 9 heteroatoms. The summed E-state index contributed by atoms with van der Waals surface area (Å²) in [4.78, 5) is 15.0. The van der Waals surface area contributed by atoms with Crippen molar-refractivity contribution in [3.05, 3.63) is 50.7 Å². The van der Waals surface area contributed by atoms with Crippen LogP contribution in [-0.4, -0.2) is 19.2 Å². The highest BCUT2D eigenvalue weighted by atomic mass is 79.9. The topological polar surface area (TPSA) is 73.3 Å². The number of Topliss-reactive ketones (excluding diaryl/α,β-unsaturated/α-hetero) is 1. The molecule has 116 valence electrons. The van der Waals surface area contributed by atoms with E-state index >= 15 is 0 Å². The first-order valence-electron chi connectivity index (χ1n) is 5.77. The van der Waals surface area contributed by atoms with Gasteiger partial charge in [-0.25, -0.2) is 4.98 Å². The molecule has 5 nitrogen and oxygen atoms in total. The predicted molar refractivity (Wildman–Crippen MR) is 86.2 cm³/mol. The third-order valence-corrected chi connectivity index (χ3v) is 4.96. The zero-order valence-corrected chi connectivity index (χ0v) is 14.9. The molecule has 0 N–H and O–H groups in total. The first-order chi connectivity index (χ1) is 10.2. The standard InChI is InChI=1S/C13H8BrCl2NO4S/c1-7(18)10-4-8(14)2-3-12(10)21-22(19,20)9-5-11(15)13(16)17-6-9/h2-6H,1H3. The lowest BCUT2D eigenvalue weighted by atomic mass is 10.1. The number of rotatable bonds is 4. The third kappa shape index (κ3) is 3.78. The molecule has 0 radical (unpaired) electrons. The summed E-state index contributed by atoms with van der Waals surface area (Å²) < 4.78 is 30.1. The van der Waals surface area contributed by atoms with Gasteiger partial charge in [-0.15, -0.1) is 0 Å². The second-order valence-corrected chi connectivity index (χ2v) is 7.40. The summed E-state index contributed by atoms with van der Waals surface area (Å²) in [5.74, 6) is -0.416. The van der Waals surface area contributed by atoms with Crippen LogP contribution in [0.4, 0.5) is 0 Å². The highest BCUT2D eigenvalue weighted by molar-refractivity contribution is 9.10. The van der Waals surface area contributed by atoms with Gasteiger partial charge >= 0.3 is 10.1 Å². The van der Waals surface area contributed by atoms with Crippen LogP contribution < -0.4 is 4.18 Å². The molecule has 22 heavy (non-hydrogen) atoms. The summed E-state index contributed by atoms with van der Waals surface area (Å²) in [6.45, 7) is 1.31. The minimum absolute atomic E-state index is 0.0195. The molecule has 2 aromatic rings. The number of ketones is 1. The Bertz CT molecular complexity index is 855. The molecular weight excluding hydrogens is 417 g/mol. The molecule has 0 saturated heterocycles. The number of carbonyl (C=O) groups is 1. The second-order valence-electron chi connectivity index (χ2n) is 4.18. The van der Waals surface area contributed by atoms with E-state index in [0.29, 0.717) is 4.47 Å². The average molecular weight is 425 g/mol. The molecule has 0 unspecified atom stereocenters. The molecule has 1 aromatic carbocycles. The van der Waals surface area contributed by atoms with E-state index in [-0.39, 0.29) is 32.2 Å². The van der Waals surface area contributed by atoms with Crippen molar-refractivity contribution >= 4 is 55.0 Å². The predicted octanol–water partition coefficient (Wildman–Crippen LogP) is 4.12. The molecule has 1 aromatic heterocycles. The van der Waals surface area contributed by atoms with Crippen molar-refractivity contribution in [2.75, 3.05) is 0 Å². The molecule has 0 fully saturated rings. The number of pyridine rings is 1. The van der Waals surface area contributed by atoms with Crippen molar-refractivity contribution in [3.8, 4) is 5.75 Å². The summed E-state index contributed by atoms with van der Waals surface area (Å²) in [6.07, 6.45) is 1.02. The molecule has 0 saturated carbocycles. The summed E-state index contributed by atoms with van der Waals surface area (Å²) in [6, 6.07) is 5.53. The van der Waals surface area contributed by atoms with E-state index < -0.39 is 10.1 Å². The van der Waals surface area contributed by atoms with Crippen molar-refractivity contribution in [1.82, 2.24) is 4.98 Å². The minimum Gasteiger partial charge on any atom is -0.378 e. The smallest absolute Gasteiger partial charge is 0.340 e. The Hall–Kier alpha value is -1.15. The van der Waals surface area contributed by atoms with E-state index in [1.807, 2.05) is 0 Å². The van der Waals surface area contributed by atoms with E-state index in [2.05, 4.69) is 20.9 Å². The maximum atomic E-state index is 12.2. The van der Waals surface area contributed by atoms with E-state index in [0.717, 1.165) is 12.3 Å². The Labute approximate surface area is 145 Å². The van der Waals surface area contributed by atoms with Crippen LogP contribution in [0.5, 0.6) is 5.75 Å². The lowest BCUT2D eigenvalue weighted by molar-refractivity contribution is 0.101. The highest BCUT2D eigenvalue weighted by Gasteiger charge is 2.21. The van der Waals surface area contributed by atoms with Gasteiger partial charge in [-0.2, -0.15) is 8.42 Å². The van der Waals surface area contributed by atoms with Crippen LogP contribution in [0.3, 0.4) is 0 Å². The Morgan fingerprint density at radius 1 is 1.27 bits per heavy atom. The molecule has 0 bridgehead atoms. The Balaban J connectivity index is 2.45. The number of benzene rings is 1. The number of hydrogen-bond donors (Lipinski definition) is 0. The van der Waals surface area contributed by atoms with Crippen LogP contribution >= 0.6 is 39.1 Å². The highest BCUT2D eigenvalue weighted by Crippen LogP contribution is 2.28. The summed E-state index contributed by atoms with van der Waals surface area (Å²) >= 11 is 14.6. The molecule has 0 aliphatic heterocycles. The molecule has 0 spiro atoms. The van der Waals surface area contributed by atoms with Gasteiger partial charge in [-0.05, 0) is 31.2 Å². The van der Waals surface area contributed by atoms with Crippen LogP contribution in [0.1, 0.15) is 17.3 Å². The van der Waals surface area contributed by atoms with Crippen molar-refractivity contribution in [2.24, 2.45) is 0 Å². The maximum Gasteiger partial charge on any atom is 0.340 e. The Kier molecular flexibility index (Phi) is 5.11. The average Bonchev–Trinajstić information content (AvgIpc) is 2.43. The number of halogens is 3. The quantitative estimate of drug-likeness (QED) is 0.419. The fourth-order valence-corrected chi connectivity index (χ4v) is 3.17. The lowest BCUT2D eigenvalue weighted by Crippen LogP contribution is -2.12. The van der Waals surface area contributed by atoms with E-state index in [4.69, 9.17) is 27.4 Å². The lowest BCUT2D eigenvalue weighted by Gasteiger charge is -2.10. The van der Waals surface area contributed by atoms with Crippen LogP contribution in [-0.2, 0) is 10.1 Å². The first-order valence-corrected chi connectivity index (χ1v) is 8.72. The van der Waals surface area contributed by atoms with Gasteiger partial charge in [-0.3, -0.25) is 4.79 Å². The molecule has 0 atom stereocenters. The van der Waals surface area contributed by atoms with Gasteiger partial charge in [0, 0.05) is 4.47 Å². The Morgan fingerprint density at radius 2 is 1.95 bits per heavy atom. The van der Waals surface area contributed by atoms with E-state index in [1.165, 1.54) is 19.1 Å². The molecule has 2 rings (SSSR count). The van der Waals surface area contributed by atoms with Crippen LogP contribution in [0.15, 0.2) is 39.8 Å². The summed E-state index contributed by atoms with van der Waals surface area (Å²) in [7, 11) is -4.19. The normalized spacial score (nSPS) is 11.3. The Morgan fingerprint density at radius 3 is 2.55 bits per heavy atom. The fraction of sp³-hybridized carbons (Fsp3) is 0.0769. The zero-order chi connectivity index (χ0) is 16.5. The van der Waals surface area contributed by atoms with Crippen LogP contribution in [0.2, 0.25) is 10.2 Å². The van der Waals surface area contributed by atoms with Crippen molar-refractivity contribution in [1.29, 1.82) is 0 Å². The number of hydrogen-bond acceptors (Lipinski definition) is 5. The van der Waals surface area contributed by atoms with Gasteiger partial charge in [0.15, 0.2) is 11.5 Å². The van der Waals surface area contributed by atoms with Gasteiger partial charge < -0.3 is 4.18 Å². The fourth-order valence-electron chi connectivity index (χ4n) is 1.56. The first kappa shape index (κ1) is 17.2. The van der Waals surface area contributed by atoms with Gasteiger partial charge in [0.25, 0.3) is 0 Å². The summed E-state index contributed by atoms with van der Waals surface area (Å²) in [5, 5.41) is -0.0392. The SMILES string of the molecule is CC(=O)c1cc(Br)ccc1OS(=O)(=O)c1cnc(Cl)c(Cl)c1. The van der Waals surface area contributed by atoms with Gasteiger partial charge in [0.2, 0.25) is 0 Å². The van der Waals surface area contributed by atoms with E-state index in [9.17, 15) is 13.2 Å². The largest absolute Gasteiger partial charge is 0.378 e. The molecule has 1 heterocycles. The molecule has 0 aliphatic rings. The van der Waals surface area contributed by atoms with Crippen LogP contribution in [0.25, 0.3) is 0 Å².